The maximum absolute atomic E-state index is 5.13. The zero-order chi connectivity index (χ0) is 7.61. The van der Waals surface area contributed by atoms with Crippen molar-refractivity contribution in [2.45, 2.75) is 4.63 Å². The predicted molar refractivity (Wildman–Crippen MR) is 48.0 cm³/mol. The summed E-state index contributed by atoms with van der Waals surface area (Å²) < 4.78 is 5.48. The number of halogens is 2. The van der Waals surface area contributed by atoms with Crippen molar-refractivity contribution in [1.29, 1.82) is 0 Å². The van der Waals surface area contributed by atoms with Crippen molar-refractivity contribution in [2.75, 3.05) is 7.11 Å². The zero-order valence-electron chi connectivity index (χ0n) is 5.40. The van der Waals surface area contributed by atoms with Crippen LogP contribution in [0.4, 0.5) is 0 Å². The molecule has 0 aromatic rings. The molecule has 0 saturated carbocycles. The summed E-state index contributed by atoms with van der Waals surface area (Å²) in [5, 5.41) is 2.99. The quantitative estimate of drug-likeness (QED) is 0.581. The maximum atomic E-state index is 5.13. The second-order valence-corrected chi connectivity index (χ2v) is 3.79. The molecule has 0 fully saturated rings. The molecule has 0 saturated heterocycles. The van der Waals surface area contributed by atoms with Gasteiger partial charge < -0.3 is 10.1 Å². The number of dihydropyridines is 1. The zero-order valence-corrected chi connectivity index (χ0v) is 8.57. The van der Waals surface area contributed by atoms with E-state index in [1.54, 1.807) is 7.11 Å². The molecule has 0 aromatic heterocycles. The van der Waals surface area contributed by atoms with Gasteiger partial charge in [-0.25, -0.2) is 0 Å². The lowest BCUT2D eigenvalue weighted by Crippen LogP contribution is -2.39. The molecule has 1 atom stereocenters. The lowest BCUT2D eigenvalue weighted by molar-refractivity contribution is 0.0971. The van der Waals surface area contributed by atoms with Crippen molar-refractivity contribution in [3.8, 4) is 0 Å². The van der Waals surface area contributed by atoms with E-state index in [1.807, 2.05) is 18.4 Å². The van der Waals surface area contributed by atoms with Crippen molar-refractivity contribution < 1.29 is 4.74 Å². The second kappa shape index (κ2) is 3.07. The highest BCUT2D eigenvalue weighted by molar-refractivity contribution is 9.14. The van der Waals surface area contributed by atoms with Crippen LogP contribution < -0.4 is 5.32 Å². The number of hydrogen-bond acceptors (Lipinski definition) is 2. The highest BCUT2D eigenvalue weighted by Crippen LogP contribution is 2.31. The van der Waals surface area contributed by atoms with Crippen molar-refractivity contribution in [1.82, 2.24) is 5.32 Å². The van der Waals surface area contributed by atoms with Crippen LogP contribution in [-0.2, 0) is 4.74 Å². The molecule has 2 nitrogen and oxygen atoms in total. The molecule has 0 bridgehead atoms. The Morgan fingerprint density at radius 3 is 2.80 bits per heavy atom. The molecule has 4 heteroatoms. The summed E-state index contributed by atoms with van der Waals surface area (Å²) in [6, 6.07) is 0. The van der Waals surface area contributed by atoms with E-state index in [0.717, 1.165) is 4.48 Å². The second-order valence-electron chi connectivity index (χ2n) is 1.82. The first-order valence-electron chi connectivity index (χ1n) is 2.73. The Balaban J connectivity index is 2.81. The summed E-state index contributed by atoms with van der Waals surface area (Å²) in [5.74, 6) is 0. The summed E-state index contributed by atoms with van der Waals surface area (Å²) in [7, 11) is 1.62. The fourth-order valence-electron chi connectivity index (χ4n) is 0.620. The maximum Gasteiger partial charge on any atom is 0.228 e. The van der Waals surface area contributed by atoms with Crippen LogP contribution >= 0.6 is 31.9 Å². The van der Waals surface area contributed by atoms with Crippen LogP contribution in [0.15, 0.2) is 22.8 Å². The van der Waals surface area contributed by atoms with E-state index < -0.39 is 4.63 Å². The van der Waals surface area contributed by atoms with E-state index in [2.05, 4.69) is 37.2 Å². The molecular weight excluding hydrogens is 262 g/mol. The van der Waals surface area contributed by atoms with E-state index in [0.29, 0.717) is 0 Å². The molecule has 56 valence electrons. The molecule has 1 rings (SSSR count). The van der Waals surface area contributed by atoms with Gasteiger partial charge in [-0.3, -0.25) is 0 Å². The Kier molecular flexibility index (Phi) is 2.55. The topological polar surface area (TPSA) is 21.3 Å². The summed E-state index contributed by atoms with van der Waals surface area (Å²) in [6.45, 7) is 0. The lowest BCUT2D eigenvalue weighted by atomic mass is 10.4. The van der Waals surface area contributed by atoms with Crippen LogP contribution in [0.3, 0.4) is 0 Å². The van der Waals surface area contributed by atoms with Gasteiger partial charge in [-0.1, -0.05) is 0 Å². The first-order chi connectivity index (χ1) is 4.69. The number of alkyl halides is 1. The van der Waals surface area contributed by atoms with Crippen molar-refractivity contribution >= 4 is 31.9 Å². The Bertz CT molecular complexity index is 190. The van der Waals surface area contributed by atoms with E-state index in [9.17, 15) is 0 Å². The molecule has 0 spiro atoms. The van der Waals surface area contributed by atoms with Gasteiger partial charge in [0, 0.05) is 7.11 Å². The van der Waals surface area contributed by atoms with Gasteiger partial charge in [-0.05, 0) is 50.2 Å². The number of hydrogen-bond donors (Lipinski definition) is 1. The van der Waals surface area contributed by atoms with Crippen LogP contribution in [0, 0.1) is 0 Å². The van der Waals surface area contributed by atoms with Gasteiger partial charge in [0.2, 0.25) is 4.63 Å². The Labute approximate surface area is 76.6 Å². The summed E-state index contributed by atoms with van der Waals surface area (Å²) in [6.07, 6.45) is 5.61. The van der Waals surface area contributed by atoms with E-state index in [1.165, 1.54) is 0 Å². The first kappa shape index (κ1) is 8.30. The van der Waals surface area contributed by atoms with Gasteiger partial charge in [-0.2, -0.15) is 0 Å². The van der Waals surface area contributed by atoms with E-state index in [4.69, 9.17) is 4.74 Å². The molecule has 1 N–H and O–H groups in total. The number of nitrogens with one attached hydrogen (secondary N) is 1. The molecule has 1 aliphatic rings. The third-order valence-corrected chi connectivity index (χ3v) is 3.53. The van der Waals surface area contributed by atoms with Crippen LogP contribution in [0.5, 0.6) is 0 Å². The van der Waals surface area contributed by atoms with E-state index >= 15 is 0 Å². The smallest absolute Gasteiger partial charge is 0.228 e. The number of rotatable bonds is 1. The molecule has 0 aromatic carbocycles. The minimum atomic E-state index is -0.568. The highest BCUT2D eigenvalue weighted by atomic mass is 79.9. The normalized spacial score (nSPS) is 31.3. The molecule has 1 unspecified atom stereocenters. The Hall–Kier alpha value is 0.200. The fraction of sp³-hybridized carbons (Fsp3) is 0.333. The van der Waals surface area contributed by atoms with Crippen molar-refractivity contribution in [3.05, 3.63) is 22.8 Å². The fourth-order valence-corrected chi connectivity index (χ4v) is 1.31. The average Bonchev–Trinajstić information content (AvgIpc) is 1.96. The van der Waals surface area contributed by atoms with Gasteiger partial charge in [0.25, 0.3) is 0 Å². The van der Waals surface area contributed by atoms with Crippen LogP contribution in [0.2, 0.25) is 0 Å². The minimum absolute atomic E-state index is 0.568. The molecule has 1 aliphatic heterocycles. The molecular formula is C6H7Br2NO. The molecule has 0 amide bonds. The predicted octanol–water partition coefficient (Wildman–Crippen LogP) is 2.08. The Morgan fingerprint density at radius 1 is 1.70 bits per heavy atom. The number of allylic oxidation sites excluding steroid dienone is 2. The van der Waals surface area contributed by atoms with E-state index in [-0.39, 0.29) is 0 Å². The molecule has 0 aliphatic carbocycles. The monoisotopic (exact) mass is 267 g/mol. The van der Waals surface area contributed by atoms with Crippen LogP contribution in [0.1, 0.15) is 0 Å². The molecule has 1 heterocycles. The van der Waals surface area contributed by atoms with Crippen molar-refractivity contribution in [3.63, 3.8) is 0 Å². The van der Waals surface area contributed by atoms with Crippen molar-refractivity contribution in [2.24, 2.45) is 0 Å². The minimum Gasteiger partial charge on any atom is -0.351 e. The van der Waals surface area contributed by atoms with Gasteiger partial charge in [0.05, 0.1) is 4.48 Å². The SMILES string of the molecule is COC1(Br)NC=CC=C1Br. The standard InChI is InChI=1S/C6H7Br2NO/c1-10-6(8)5(7)3-2-4-9-6/h2-4,9H,1H3. The average molecular weight is 269 g/mol. The van der Waals surface area contributed by atoms with Crippen LogP contribution in [-0.4, -0.2) is 11.7 Å². The number of ether oxygens (including phenoxy) is 1. The van der Waals surface area contributed by atoms with Crippen LogP contribution in [0.25, 0.3) is 0 Å². The summed E-state index contributed by atoms with van der Waals surface area (Å²) >= 11 is 6.71. The Morgan fingerprint density at radius 2 is 2.40 bits per heavy atom. The van der Waals surface area contributed by atoms with Gasteiger partial charge >= 0.3 is 0 Å². The number of methoxy groups -OCH3 is 1. The summed E-state index contributed by atoms with van der Waals surface area (Å²) in [4.78, 5) is 0. The van der Waals surface area contributed by atoms with Gasteiger partial charge in [-0.15, -0.1) is 0 Å². The first-order valence-corrected chi connectivity index (χ1v) is 4.32. The molecule has 10 heavy (non-hydrogen) atoms. The molecule has 0 radical (unpaired) electrons. The third-order valence-electron chi connectivity index (χ3n) is 1.20. The largest absolute Gasteiger partial charge is 0.351 e. The summed E-state index contributed by atoms with van der Waals surface area (Å²) in [5.41, 5.74) is 0. The highest BCUT2D eigenvalue weighted by Gasteiger charge is 2.29. The van der Waals surface area contributed by atoms with Gasteiger partial charge in [0.15, 0.2) is 0 Å². The lowest BCUT2D eigenvalue weighted by Gasteiger charge is -2.27. The third kappa shape index (κ3) is 1.44. The van der Waals surface area contributed by atoms with Gasteiger partial charge in [0.1, 0.15) is 0 Å².